The first-order valence-electron chi connectivity index (χ1n) is 6.25. The second-order valence-electron chi connectivity index (χ2n) is 5.42. The molecule has 0 aliphatic carbocycles. The zero-order valence-corrected chi connectivity index (χ0v) is 11.9. The standard InChI is InChI=1S/C14H21NOSi/c1-17(2,3)16-10-6-7-12-11-15-14-9-5-4-8-13(12)14/h4-5,8-9,11,15H,6-7,10H2,1-3H3. The van der Waals surface area contributed by atoms with Gasteiger partial charge < -0.3 is 9.41 Å². The third-order valence-electron chi connectivity index (χ3n) is 2.80. The van der Waals surface area contributed by atoms with E-state index in [0.29, 0.717) is 0 Å². The molecule has 2 rings (SSSR count). The van der Waals surface area contributed by atoms with Crippen LogP contribution in [0, 0.1) is 0 Å². The number of hydrogen-bond acceptors (Lipinski definition) is 1. The number of hydrogen-bond donors (Lipinski definition) is 1. The predicted molar refractivity (Wildman–Crippen MR) is 75.9 cm³/mol. The van der Waals surface area contributed by atoms with Crippen LogP contribution in [0.15, 0.2) is 30.5 Å². The maximum atomic E-state index is 5.87. The number of fused-ring (bicyclic) bond motifs is 1. The SMILES string of the molecule is C[Si](C)(C)OCCCc1c[nH]c2ccccc12. The maximum absolute atomic E-state index is 5.87. The molecule has 17 heavy (non-hydrogen) atoms. The second-order valence-corrected chi connectivity index (χ2v) is 9.94. The molecule has 2 aromatic rings. The van der Waals surface area contributed by atoms with Gasteiger partial charge in [0.2, 0.25) is 0 Å². The number of rotatable bonds is 5. The number of aromatic nitrogens is 1. The van der Waals surface area contributed by atoms with E-state index in [1.54, 1.807) is 0 Å². The lowest BCUT2D eigenvalue weighted by Gasteiger charge is -2.16. The average Bonchev–Trinajstić information content (AvgIpc) is 2.67. The minimum atomic E-state index is -1.34. The Labute approximate surface area is 104 Å². The molecule has 0 aliphatic heterocycles. The Hall–Kier alpha value is -1.06. The molecule has 0 spiro atoms. The van der Waals surface area contributed by atoms with Crippen LogP contribution in [0.2, 0.25) is 19.6 Å². The van der Waals surface area contributed by atoms with E-state index in [2.05, 4.69) is 55.1 Å². The van der Waals surface area contributed by atoms with Crippen LogP contribution >= 0.6 is 0 Å². The monoisotopic (exact) mass is 247 g/mol. The van der Waals surface area contributed by atoms with Crippen molar-refractivity contribution in [1.29, 1.82) is 0 Å². The van der Waals surface area contributed by atoms with Gasteiger partial charge in [0.15, 0.2) is 8.32 Å². The van der Waals surface area contributed by atoms with Gasteiger partial charge in [-0.25, -0.2) is 0 Å². The number of para-hydroxylation sites is 1. The zero-order chi connectivity index (χ0) is 12.3. The fourth-order valence-electron chi connectivity index (χ4n) is 1.98. The van der Waals surface area contributed by atoms with E-state index in [-0.39, 0.29) is 0 Å². The number of H-pyrrole nitrogens is 1. The Balaban J connectivity index is 1.91. The van der Waals surface area contributed by atoms with Gasteiger partial charge in [-0.3, -0.25) is 0 Å². The summed E-state index contributed by atoms with van der Waals surface area (Å²) in [5.41, 5.74) is 2.63. The first-order chi connectivity index (χ1) is 8.06. The number of nitrogens with one attached hydrogen (secondary N) is 1. The van der Waals surface area contributed by atoms with Crippen LogP contribution in [0.3, 0.4) is 0 Å². The van der Waals surface area contributed by atoms with Crippen LogP contribution in [-0.2, 0) is 10.8 Å². The summed E-state index contributed by atoms with van der Waals surface area (Å²) < 4.78 is 5.87. The molecule has 1 heterocycles. The molecular formula is C14H21NOSi. The van der Waals surface area contributed by atoms with Crippen molar-refractivity contribution < 1.29 is 4.43 Å². The normalized spacial score (nSPS) is 12.2. The molecule has 1 aromatic carbocycles. The molecule has 92 valence electrons. The molecular weight excluding hydrogens is 226 g/mol. The predicted octanol–water partition coefficient (Wildman–Crippen LogP) is 3.95. The van der Waals surface area contributed by atoms with Gasteiger partial charge in [-0.15, -0.1) is 0 Å². The molecule has 0 atom stereocenters. The fraction of sp³-hybridized carbons (Fsp3) is 0.429. The lowest BCUT2D eigenvalue weighted by Crippen LogP contribution is -2.25. The van der Waals surface area contributed by atoms with Crippen LogP contribution in [0.5, 0.6) is 0 Å². The van der Waals surface area contributed by atoms with Crippen molar-refractivity contribution in [2.45, 2.75) is 32.5 Å². The summed E-state index contributed by atoms with van der Waals surface area (Å²) in [6, 6.07) is 8.47. The number of aromatic amines is 1. The first-order valence-corrected chi connectivity index (χ1v) is 9.66. The fourth-order valence-corrected chi connectivity index (χ4v) is 2.74. The molecule has 2 nitrogen and oxygen atoms in total. The Morgan fingerprint density at radius 1 is 1.18 bits per heavy atom. The summed E-state index contributed by atoms with van der Waals surface area (Å²) in [7, 11) is -1.34. The minimum Gasteiger partial charge on any atom is -0.418 e. The Morgan fingerprint density at radius 3 is 2.71 bits per heavy atom. The average molecular weight is 247 g/mol. The van der Waals surface area contributed by atoms with Crippen LogP contribution in [0.1, 0.15) is 12.0 Å². The van der Waals surface area contributed by atoms with E-state index >= 15 is 0 Å². The molecule has 0 amide bonds. The van der Waals surface area contributed by atoms with E-state index in [0.717, 1.165) is 19.4 Å². The third-order valence-corrected chi connectivity index (χ3v) is 3.87. The van der Waals surface area contributed by atoms with E-state index in [4.69, 9.17) is 4.43 Å². The van der Waals surface area contributed by atoms with E-state index in [1.165, 1.54) is 16.5 Å². The second kappa shape index (κ2) is 5.06. The van der Waals surface area contributed by atoms with Gasteiger partial charge in [0, 0.05) is 23.7 Å². The molecule has 0 saturated carbocycles. The topological polar surface area (TPSA) is 25.0 Å². The third kappa shape index (κ3) is 3.45. The Morgan fingerprint density at radius 2 is 1.94 bits per heavy atom. The molecule has 0 fully saturated rings. The summed E-state index contributed by atoms with van der Waals surface area (Å²) in [4.78, 5) is 3.31. The lowest BCUT2D eigenvalue weighted by atomic mass is 10.1. The quantitative estimate of drug-likeness (QED) is 0.628. The van der Waals surface area contributed by atoms with Crippen molar-refractivity contribution in [2.75, 3.05) is 6.61 Å². The highest BCUT2D eigenvalue weighted by Gasteiger charge is 2.13. The molecule has 0 radical (unpaired) electrons. The number of benzene rings is 1. The largest absolute Gasteiger partial charge is 0.418 e. The highest BCUT2D eigenvalue weighted by molar-refractivity contribution is 6.69. The van der Waals surface area contributed by atoms with Crippen molar-refractivity contribution in [3.63, 3.8) is 0 Å². The zero-order valence-electron chi connectivity index (χ0n) is 10.9. The molecule has 3 heteroatoms. The Bertz CT molecular complexity index is 484. The van der Waals surface area contributed by atoms with Crippen molar-refractivity contribution >= 4 is 19.2 Å². The van der Waals surface area contributed by atoms with Gasteiger partial charge in [0.25, 0.3) is 0 Å². The van der Waals surface area contributed by atoms with E-state index in [9.17, 15) is 0 Å². The van der Waals surface area contributed by atoms with Crippen LogP contribution < -0.4 is 0 Å². The molecule has 0 bridgehead atoms. The molecule has 0 unspecified atom stereocenters. The lowest BCUT2D eigenvalue weighted by molar-refractivity contribution is 0.305. The summed E-state index contributed by atoms with van der Waals surface area (Å²) >= 11 is 0. The van der Waals surface area contributed by atoms with Gasteiger partial charge in [-0.1, -0.05) is 18.2 Å². The van der Waals surface area contributed by atoms with Crippen LogP contribution in [0.4, 0.5) is 0 Å². The number of aryl methyl sites for hydroxylation is 1. The van der Waals surface area contributed by atoms with Crippen molar-refractivity contribution in [1.82, 2.24) is 4.98 Å². The van der Waals surface area contributed by atoms with Gasteiger partial charge in [-0.2, -0.15) is 0 Å². The van der Waals surface area contributed by atoms with Gasteiger partial charge in [0.1, 0.15) is 0 Å². The first kappa shape index (κ1) is 12.4. The van der Waals surface area contributed by atoms with Crippen molar-refractivity contribution in [3.05, 3.63) is 36.0 Å². The molecule has 1 N–H and O–H groups in total. The Kier molecular flexibility index (Phi) is 3.69. The van der Waals surface area contributed by atoms with E-state index < -0.39 is 8.32 Å². The van der Waals surface area contributed by atoms with Crippen LogP contribution in [-0.4, -0.2) is 19.9 Å². The minimum absolute atomic E-state index is 0.884. The van der Waals surface area contributed by atoms with Gasteiger partial charge in [-0.05, 0) is 44.1 Å². The summed E-state index contributed by atoms with van der Waals surface area (Å²) in [6.45, 7) is 7.59. The van der Waals surface area contributed by atoms with Crippen molar-refractivity contribution in [3.8, 4) is 0 Å². The van der Waals surface area contributed by atoms with Crippen LogP contribution in [0.25, 0.3) is 10.9 Å². The van der Waals surface area contributed by atoms with E-state index in [1.807, 2.05) is 0 Å². The molecule has 0 aliphatic rings. The van der Waals surface area contributed by atoms with Gasteiger partial charge in [0.05, 0.1) is 0 Å². The summed E-state index contributed by atoms with van der Waals surface area (Å²) in [5, 5.41) is 1.35. The van der Waals surface area contributed by atoms with Gasteiger partial charge >= 0.3 is 0 Å². The molecule has 0 saturated heterocycles. The summed E-state index contributed by atoms with van der Waals surface area (Å²) in [6.07, 6.45) is 4.32. The van der Waals surface area contributed by atoms with Crippen molar-refractivity contribution in [2.24, 2.45) is 0 Å². The smallest absolute Gasteiger partial charge is 0.183 e. The highest BCUT2D eigenvalue weighted by atomic mass is 28.4. The molecule has 1 aromatic heterocycles. The maximum Gasteiger partial charge on any atom is 0.183 e. The highest BCUT2D eigenvalue weighted by Crippen LogP contribution is 2.19. The summed E-state index contributed by atoms with van der Waals surface area (Å²) in [5.74, 6) is 0.